The fourth-order valence-electron chi connectivity index (χ4n) is 2.34. The number of hydrogen-bond donors (Lipinski definition) is 0. The molecule has 1 aromatic carbocycles. The van der Waals surface area contributed by atoms with Crippen LogP contribution < -0.4 is 0 Å². The van der Waals surface area contributed by atoms with Crippen molar-refractivity contribution in [1.29, 1.82) is 0 Å². The molecule has 0 spiro atoms. The van der Waals surface area contributed by atoms with E-state index in [1.165, 1.54) is 22.3 Å². The van der Waals surface area contributed by atoms with E-state index >= 15 is 0 Å². The summed E-state index contributed by atoms with van der Waals surface area (Å²) in [5.74, 6) is 0. The van der Waals surface area contributed by atoms with E-state index in [1.807, 2.05) is 0 Å². The SMILES string of the molecule is BrC1(Br)C=CC2=C(C1)c1ccccc1C2. The maximum Gasteiger partial charge on any atom is 0.103 e. The van der Waals surface area contributed by atoms with Crippen LogP contribution in [0, 0.1) is 0 Å². The molecule has 0 saturated heterocycles. The Kier molecular flexibility index (Phi) is 2.18. The van der Waals surface area contributed by atoms with Crippen LogP contribution in [0.1, 0.15) is 17.5 Å². The minimum Gasteiger partial charge on any atom is -0.0677 e. The van der Waals surface area contributed by atoms with Crippen LogP contribution in [-0.4, -0.2) is 3.23 Å². The minimum absolute atomic E-state index is 0.0454. The molecular formula is C13H10Br2. The number of fused-ring (bicyclic) bond motifs is 2. The van der Waals surface area contributed by atoms with Gasteiger partial charge in [-0.25, -0.2) is 0 Å². The summed E-state index contributed by atoms with van der Waals surface area (Å²) in [5.41, 5.74) is 5.86. The van der Waals surface area contributed by atoms with Crippen molar-refractivity contribution in [2.24, 2.45) is 0 Å². The molecule has 2 aliphatic rings. The Labute approximate surface area is 106 Å². The number of allylic oxidation sites excluding steroid dienone is 4. The van der Waals surface area contributed by atoms with Gasteiger partial charge in [-0.05, 0) is 28.7 Å². The van der Waals surface area contributed by atoms with E-state index in [9.17, 15) is 0 Å². The number of halogens is 2. The van der Waals surface area contributed by atoms with Gasteiger partial charge in [0.15, 0.2) is 0 Å². The molecule has 0 unspecified atom stereocenters. The quantitative estimate of drug-likeness (QED) is 0.618. The van der Waals surface area contributed by atoms with Crippen molar-refractivity contribution in [3.63, 3.8) is 0 Å². The molecule has 0 saturated carbocycles. The number of alkyl halides is 2. The lowest BCUT2D eigenvalue weighted by Gasteiger charge is -2.22. The molecule has 0 radical (unpaired) electrons. The lowest BCUT2D eigenvalue weighted by Crippen LogP contribution is -2.11. The Hall–Kier alpha value is -0.340. The van der Waals surface area contributed by atoms with Crippen molar-refractivity contribution in [3.05, 3.63) is 53.1 Å². The van der Waals surface area contributed by atoms with Gasteiger partial charge in [0.1, 0.15) is 3.23 Å². The van der Waals surface area contributed by atoms with Crippen molar-refractivity contribution in [2.45, 2.75) is 16.1 Å². The first kappa shape index (κ1) is 9.86. The van der Waals surface area contributed by atoms with Crippen LogP contribution in [0.4, 0.5) is 0 Å². The van der Waals surface area contributed by atoms with Crippen LogP contribution in [0.15, 0.2) is 42.0 Å². The molecule has 0 fully saturated rings. The van der Waals surface area contributed by atoms with Crippen molar-refractivity contribution in [3.8, 4) is 0 Å². The molecule has 76 valence electrons. The van der Waals surface area contributed by atoms with Crippen LogP contribution in [0.5, 0.6) is 0 Å². The van der Waals surface area contributed by atoms with Crippen molar-refractivity contribution >= 4 is 37.4 Å². The Morgan fingerprint density at radius 1 is 1.13 bits per heavy atom. The molecule has 0 amide bonds. The zero-order valence-electron chi connectivity index (χ0n) is 8.13. The van der Waals surface area contributed by atoms with Gasteiger partial charge in [0, 0.05) is 6.42 Å². The third-order valence-electron chi connectivity index (χ3n) is 3.05. The molecule has 0 atom stereocenters. The highest BCUT2D eigenvalue weighted by atomic mass is 79.9. The monoisotopic (exact) mass is 324 g/mol. The van der Waals surface area contributed by atoms with Gasteiger partial charge >= 0.3 is 0 Å². The summed E-state index contributed by atoms with van der Waals surface area (Å²) >= 11 is 7.35. The third kappa shape index (κ3) is 1.64. The second-order valence-corrected chi connectivity index (χ2v) is 8.00. The summed E-state index contributed by atoms with van der Waals surface area (Å²) in [6, 6.07) is 8.70. The highest BCUT2D eigenvalue weighted by Gasteiger charge is 2.30. The number of benzene rings is 1. The molecule has 1 aromatic rings. The molecular weight excluding hydrogens is 316 g/mol. The lowest BCUT2D eigenvalue weighted by molar-refractivity contribution is 1.03. The Morgan fingerprint density at radius 2 is 1.93 bits per heavy atom. The molecule has 2 aliphatic carbocycles. The first-order valence-electron chi connectivity index (χ1n) is 5.03. The predicted octanol–water partition coefficient (Wildman–Crippen LogP) is 4.44. The minimum atomic E-state index is -0.0454. The van der Waals surface area contributed by atoms with Gasteiger partial charge in [0.05, 0.1) is 0 Å². The van der Waals surface area contributed by atoms with Crippen LogP contribution >= 0.6 is 31.9 Å². The smallest absolute Gasteiger partial charge is 0.0677 e. The van der Waals surface area contributed by atoms with Gasteiger partial charge in [-0.2, -0.15) is 0 Å². The fourth-order valence-corrected chi connectivity index (χ4v) is 3.16. The molecule has 0 nitrogen and oxygen atoms in total. The van der Waals surface area contributed by atoms with Crippen LogP contribution in [0.3, 0.4) is 0 Å². The normalized spacial score (nSPS) is 21.5. The molecule has 3 rings (SSSR count). The lowest BCUT2D eigenvalue weighted by atomic mass is 9.97. The first-order valence-corrected chi connectivity index (χ1v) is 6.62. The molecule has 0 aliphatic heterocycles. The van der Waals surface area contributed by atoms with Gasteiger partial charge in [-0.15, -0.1) is 0 Å². The molecule has 2 heteroatoms. The number of rotatable bonds is 0. The highest BCUT2D eigenvalue weighted by molar-refractivity contribution is 9.25. The van der Waals surface area contributed by atoms with E-state index < -0.39 is 0 Å². The van der Waals surface area contributed by atoms with Gasteiger partial charge < -0.3 is 0 Å². The van der Waals surface area contributed by atoms with E-state index in [1.54, 1.807) is 0 Å². The zero-order valence-corrected chi connectivity index (χ0v) is 11.3. The maximum atomic E-state index is 3.68. The second kappa shape index (κ2) is 3.33. The van der Waals surface area contributed by atoms with Crippen molar-refractivity contribution < 1.29 is 0 Å². The summed E-state index contributed by atoms with van der Waals surface area (Å²) in [5, 5.41) is 0. The number of hydrogen-bond acceptors (Lipinski definition) is 0. The molecule has 0 N–H and O–H groups in total. The molecule has 0 aromatic heterocycles. The summed E-state index contributed by atoms with van der Waals surface area (Å²) in [6.07, 6.45) is 6.55. The predicted molar refractivity (Wildman–Crippen MR) is 71.4 cm³/mol. The zero-order chi connectivity index (χ0) is 10.5. The molecule has 0 heterocycles. The fraction of sp³-hybridized carbons (Fsp3) is 0.231. The van der Waals surface area contributed by atoms with Crippen LogP contribution in [-0.2, 0) is 6.42 Å². The van der Waals surface area contributed by atoms with E-state index in [4.69, 9.17) is 0 Å². The van der Waals surface area contributed by atoms with Crippen LogP contribution in [0.2, 0.25) is 0 Å². The average molecular weight is 326 g/mol. The summed E-state index contributed by atoms with van der Waals surface area (Å²) in [4.78, 5) is 0. The molecule has 0 bridgehead atoms. The molecule has 15 heavy (non-hydrogen) atoms. The van der Waals surface area contributed by atoms with E-state index in [0.29, 0.717) is 0 Å². The highest BCUT2D eigenvalue weighted by Crippen LogP contribution is 2.47. The largest absolute Gasteiger partial charge is 0.103 e. The Morgan fingerprint density at radius 3 is 2.80 bits per heavy atom. The Balaban J connectivity index is 2.10. The summed E-state index contributed by atoms with van der Waals surface area (Å²) in [6.45, 7) is 0. The van der Waals surface area contributed by atoms with Gasteiger partial charge in [0.25, 0.3) is 0 Å². The summed E-state index contributed by atoms with van der Waals surface area (Å²) < 4.78 is -0.0454. The van der Waals surface area contributed by atoms with Gasteiger partial charge in [0.2, 0.25) is 0 Å². The van der Waals surface area contributed by atoms with E-state index in [2.05, 4.69) is 68.3 Å². The maximum absolute atomic E-state index is 3.68. The van der Waals surface area contributed by atoms with Crippen molar-refractivity contribution in [2.75, 3.05) is 0 Å². The van der Waals surface area contributed by atoms with Crippen molar-refractivity contribution in [1.82, 2.24) is 0 Å². The Bertz CT molecular complexity index is 481. The standard InChI is InChI=1S/C13H10Br2/c14-13(15)6-5-10-7-9-3-1-2-4-11(9)12(10)8-13/h1-6H,7-8H2. The topological polar surface area (TPSA) is 0 Å². The summed E-state index contributed by atoms with van der Waals surface area (Å²) in [7, 11) is 0. The van der Waals surface area contributed by atoms with Gasteiger partial charge in [-0.1, -0.05) is 68.3 Å². The van der Waals surface area contributed by atoms with Gasteiger partial charge in [-0.3, -0.25) is 0 Å². The first-order chi connectivity index (χ1) is 7.16. The second-order valence-electron chi connectivity index (χ2n) is 4.11. The van der Waals surface area contributed by atoms with E-state index in [-0.39, 0.29) is 3.23 Å². The van der Waals surface area contributed by atoms with E-state index in [0.717, 1.165) is 12.8 Å². The average Bonchev–Trinajstić information content (AvgIpc) is 2.55. The van der Waals surface area contributed by atoms with Crippen LogP contribution in [0.25, 0.3) is 5.57 Å². The third-order valence-corrected chi connectivity index (χ3v) is 4.14.